The fourth-order valence-corrected chi connectivity index (χ4v) is 9.07. The van der Waals surface area contributed by atoms with Crippen LogP contribution in [-0.2, 0) is 15.2 Å². The van der Waals surface area contributed by atoms with Crippen molar-refractivity contribution in [3.63, 3.8) is 0 Å². The van der Waals surface area contributed by atoms with Crippen molar-refractivity contribution in [3.8, 4) is 12.1 Å². The third kappa shape index (κ3) is 4.76. The van der Waals surface area contributed by atoms with Crippen molar-refractivity contribution in [2.24, 2.45) is 5.41 Å². The summed E-state index contributed by atoms with van der Waals surface area (Å²) in [7, 11) is 0. The number of hydrogen-bond donors (Lipinski definition) is 3. The number of ether oxygens (including phenoxy) is 2. The molecule has 6 heterocycles. The molecule has 4 aliphatic heterocycles. The molecule has 4 fully saturated rings. The zero-order valence-electron chi connectivity index (χ0n) is 22.5. The maximum absolute atomic E-state index is 10.0. The first-order valence-electron chi connectivity index (χ1n) is 14.0. The first-order valence-corrected chi connectivity index (χ1v) is 15.8. The summed E-state index contributed by atoms with van der Waals surface area (Å²) in [5.74, 6) is 1.99. The topological polar surface area (TPSA) is 149 Å². The van der Waals surface area contributed by atoms with Gasteiger partial charge in [0.25, 0.3) is 0 Å². The van der Waals surface area contributed by atoms with Crippen molar-refractivity contribution in [2.75, 3.05) is 94.3 Å². The van der Waals surface area contributed by atoms with Crippen LogP contribution in [0.5, 0.6) is 6.01 Å². The lowest BCUT2D eigenvalue weighted by Crippen LogP contribution is -2.58. The number of aliphatic hydroxyl groups excluding tert-OH is 1. The summed E-state index contributed by atoms with van der Waals surface area (Å²) >= 11 is 3.41. The van der Waals surface area contributed by atoms with Gasteiger partial charge in [-0.25, -0.2) is 0 Å². The van der Waals surface area contributed by atoms with Crippen LogP contribution in [0.15, 0.2) is 0 Å². The minimum absolute atomic E-state index is 0.00955. The Morgan fingerprint density at radius 1 is 1.18 bits per heavy atom. The quantitative estimate of drug-likeness (QED) is 0.398. The number of thioether (sulfide) groups is 1. The molecule has 0 radical (unpaired) electrons. The summed E-state index contributed by atoms with van der Waals surface area (Å²) in [4.78, 5) is 22.3. The molecule has 1 spiro atoms. The highest BCUT2D eigenvalue weighted by molar-refractivity contribution is 8.00. The van der Waals surface area contributed by atoms with Gasteiger partial charge in [0.15, 0.2) is 0 Å². The van der Waals surface area contributed by atoms with Gasteiger partial charge in [-0.15, -0.1) is 23.1 Å². The van der Waals surface area contributed by atoms with Crippen molar-refractivity contribution in [3.05, 3.63) is 16.0 Å². The predicted octanol–water partition coefficient (Wildman–Crippen LogP) is 0.611. The van der Waals surface area contributed by atoms with E-state index in [1.54, 1.807) is 0 Å². The predicted molar refractivity (Wildman–Crippen MR) is 154 cm³/mol. The number of thiophene rings is 1. The van der Waals surface area contributed by atoms with Crippen LogP contribution >= 0.6 is 23.1 Å². The van der Waals surface area contributed by atoms with Gasteiger partial charge in [0.1, 0.15) is 11.1 Å². The number of aromatic nitrogens is 3. The van der Waals surface area contributed by atoms with E-state index in [2.05, 4.69) is 26.1 Å². The second kappa shape index (κ2) is 10.5. The molecule has 12 nitrogen and oxygen atoms in total. The standard InChI is InChI=1S/C26H35N9O3S2/c27-9-18-20-19(40-21(18)28)12-39-26(20)14-34(15-26)22-30-23(35-4-3-29-10-17(35)11-36)32-24(31-22)38-16-25(1-2-25)13-33-5-7-37-8-6-33/h17,29,36H,1-8,10-16,28H2/t17-/m1/s1. The monoisotopic (exact) mass is 585 g/mol. The van der Waals surface area contributed by atoms with Gasteiger partial charge in [-0.2, -0.15) is 20.2 Å². The zero-order valence-corrected chi connectivity index (χ0v) is 24.1. The molecule has 14 heteroatoms. The normalized spacial score (nSPS) is 24.9. The van der Waals surface area contributed by atoms with Crippen LogP contribution in [0.3, 0.4) is 0 Å². The molecule has 3 saturated heterocycles. The number of morpholine rings is 1. The SMILES string of the molecule is N#Cc1c(N)sc2c1C1(CN(c3nc(OCC4(CN5CCOCC5)CC4)nc(N4CCNC[C@@H]4CO)n3)C1)SC2. The molecule has 2 aromatic rings. The third-order valence-corrected chi connectivity index (χ3v) is 11.4. The van der Waals surface area contributed by atoms with Gasteiger partial charge in [0.05, 0.1) is 42.8 Å². The molecule has 0 amide bonds. The van der Waals surface area contributed by atoms with Crippen LogP contribution in [-0.4, -0.2) is 110 Å². The Morgan fingerprint density at radius 3 is 2.73 bits per heavy atom. The van der Waals surface area contributed by atoms with E-state index >= 15 is 0 Å². The highest BCUT2D eigenvalue weighted by atomic mass is 32.2. The molecule has 1 atom stereocenters. The van der Waals surface area contributed by atoms with Crippen molar-refractivity contribution in [2.45, 2.75) is 29.4 Å². The average Bonchev–Trinajstić information content (AvgIpc) is 3.51. The number of rotatable bonds is 8. The first kappa shape index (κ1) is 26.5. The van der Waals surface area contributed by atoms with Crippen molar-refractivity contribution < 1.29 is 14.6 Å². The summed E-state index contributed by atoms with van der Waals surface area (Å²) in [5.41, 5.74) is 8.04. The number of nitrogens with one attached hydrogen (secondary N) is 1. The van der Waals surface area contributed by atoms with E-state index in [9.17, 15) is 10.4 Å². The van der Waals surface area contributed by atoms with Crippen LogP contribution in [0.1, 0.15) is 28.8 Å². The lowest BCUT2D eigenvalue weighted by molar-refractivity contribution is 0.0231. The highest BCUT2D eigenvalue weighted by Gasteiger charge is 2.53. The highest BCUT2D eigenvalue weighted by Crippen LogP contribution is 2.57. The second-order valence-corrected chi connectivity index (χ2v) is 14.0. The molecular weight excluding hydrogens is 550 g/mol. The molecule has 214 valence electrons. The summed E-state index contributed by atoms with van der Waals surface area (Å²) in [6.45, 7) is 8.64. The molecule has 4 N–H and O–H groups in total. The number of anilines is 3. The number of piperazine rings is 1. The summed E-state index contributed by atoms with van der Waals surface area (Å²) < 4.78 is 11.7. The number of hydrogen-bond acceptors (Lipinski definition) is 14. The van der Waals surface area contributed by atoms with Crippen molar-refractivity contribution >= 4 is 40.0 Å². The number of nitrogen functional groups attached to an aromatic ring is 1. The minimum atomic E-state index is -0.165. The molecule has 0 unspecified atom stereocenters. The lowest BCUT2D eigenvalue weighted by atomic mass is 9.88. The lowest BCUT2D eigenvalue weighted by Gasteiger charge is -2.48. The summed E-state index contributed by atoms with van der Waals surface area (Å²) in [6, 6.07) is 2.56. The summed E-state index contributed by atoms with van der Waals surface area (Å²) in [5, 5.41) is 23.8. The first-order chi connectivity index (χ1) is 19.5. The van der Waals surface area contributed by atoms with Crippen molar-refractivity contribution in [1.29, 1.82) is 5.26 Å². The van der Waals surface area contributed by atoms with Gasteiger partial charge in [0, 0.05) is 74.0 Å². The molecule has 5 aliphatic rings. The van der Waals surface area contributed by atoms with E-state index in [0.29, 0.717) is 61.3 Å². The van der Waals surface area contributed by atoms with E-state index in [1.165, 1.54) is 16.2 Å². The van der Waals surface area contributed by atoms with Crippen LogP contribution < -0.4 is 25.6 Å². The van der Waals surface area contributed by atoms with Gasteiger partial charge in [-0.3, -0.25) is 4.90 Å². The van der Waals surface area contributed by atoms with Crippen molar-refractivity contribution in [1.82, 2.24) is 25.2 Å². The van der Waals surface area contributed by atoms with E-state index in [0.717, 1.165) is 63.6 Å². The Hall–Kier alpha value is -2.41. The fraction of sp³-hybridized carbons (Fsp3) is 0.692. The van der Waals surface area contributed by atoms with Crippen LogP contribution in [0.4, 0.5) is 16.9 Å². The van der Waals surface area contributed by atoms with Gasteiger partial charge in [0.2, 0.25) is 11.9 Å². The average molecular weight is 586 g/mol. The van der Waals surface area contributed by atoms with Gasteiger partial charge in [-0.1, -0.05) is 0 Å². The maximum Gasteiger partial charge on any atom is 0.323 e. The molecular formula is C26H35N9O3S2. The molecule has 2 aromatic heterocycles. The molecule has 0 bridgehead atoms. The largest absolute Gasteiger partial charge is 0.463 e. The fourth-order valence-electron chi connectivity index (χ4n) is 6.26. The Kier molecular flexibility index (Phi) is 6.92. The Bertz CT molecular complexity index is 1300. The Labute approximate surface area is 241 Å². The van der Waals surface area contributed by atoms with E-state index in [4.69, 9.17) is 30.2 Å². The number of aliphatic hydroxyl groups is 1. The minimum Gasteiger partial charge on any atom is -0.463 e. The maximum atomic E-state index is 10.0. The molecule has 40 heavy (non-hydrogen) atoms. The van der Waals surface area contributed by atoms with E-state index in [-0.39, 0.29) is 22.8 Å². The Morgan fingerprint density at radius 2 is 1.98 bits per heavy atom. The van der Waals surface area contributed by atoms with Gasteiger partial charge >= 0.3 is 6.01 Å². The smallest absolute Gasteiger partial charge is 0.323 e. The van der Waals surface area contributed by atoms with Gasteiger partial charge < -0.3 is 35.4 Å². The van der Waals surface area contributed by atoms with Crippen LogP contribution in [0, 0.1) is 16.7 Å². The third-order valence-electron chi connectivity index (χ3n) is 8.77. The van der Waals surface area contributed by atoms with Gasteiger partial charge in [-0.05, 0) is 12.8 Å². The van der Waals surface area contributed by atoms with Crippen LogP contribution in [0.2, 0.25) is 0 Å². The molecule has 0 aromatic carbocycles. The molecule has 1 saturated carbocycles. The van der Waals surface area contributed by atoms with E-state index in [1.807, 2.05) is 11.8 Å². The second-order valence-electron chi connectivity index (χ2n) is 11.5. The molecule has 1 aliphatic carbocycles. The zero-order chi connectivity index (χ0) is 27.3. The number of fused-ring (bicyclic) bond motifs is 2. The molecule has 7 rings (SSSR count). The summed E-state index contributed by atoms with van der Waals surface area (Å²) in [6.07, 6.45) is 2.28. The number of nitriles is 1. The van der Waals surface area contributed by atoms with Crippen LogP contribution in [0.25, 0.3) is 0 Å². The Balaban J connectivity index is 1.12. The van der Waals surface area contributed by atoms with E-state index < -0.39 is 0 Å². The number of nitrogens with zero attached hydrogens (tertiary/aromatic N) is 7. The number of nitrogens with two attached hydrogens (primary N) is 1.